The van der Waals surface area contributed by atoms with Crippen LogP contribution in [0.15, 0.2) is 27.6 Å². The number of pyridine rings is 1. The quantitative estimate of drug-likeness (QED) is 0.609. The van der Waals surface area contributed by atoms with Crippen molar-refractivity contribution in [3.63, 3.8) is 0 Å². The van der Waals surface area contributed by atoms with Gasteiger partial charge in [0.2, 0.25) is 0 Å². The van der Waals surface area contributed by atoms with Crippen LogP contribution < -0.4 is 5.32 Å². The second-order valence-corrected chi connectivity index (χ2v) is 6.48. The minimum atomic E-state index is 0.532. The van der Waals surface area contributed by atoms with Gasteiger partial charge in [0.25, 0.3) is 0 Å². The van der Waals surface area contributed by atoms with E-state index in [2.05, 4.69) is 32.3 Å². The van der Waals surface area contributed by atoms with E-state index < -0.39 is 0 Å². The van der Waals surface area contributed by atoms with Crippen LogP contribution in [0, 0.1) is 0 Å². The van der Waals surface area contributed by atoms with Crippen molar-refractivity contribution in [3.05, 3.63) is 32.7 Å². The molecule has 2 aromatic rings. The predicted octanol–water partition coefficient (Wildman–Crippen LogP) is 5.23. The van der Waals surface area contributed by atoms with Gasteiger partial charge in [-0.15, -0.1) is 11.3 Å². The van der Waals surface area contributed by atoms with Crippen LogP contribution in [0.25, 0.3) is 10.2 Å². The monoisotopic (exact) mass is 342 g/mol. The van der Waals surface area contributed by atoms with E-state index in [1.165, 1.54) is 24.8 Å². The number of allylic oxidation sites excluding steroid dienone is 1. The minimum absolute atomic E-state index is 0.532. The van der Waals surface area contributed by atoms with E-state index in [4.69, 9.17) is 11.6 Å². The molecule has 0 fully saturated rings. The SMILES string of the molecule is Clc1cc(NCC2=CCCC2)c2scc(Br)c2n1. The lowest BCUT2D eigenvalue weighted by Gasteiger charge is -2.08. The Morgan fingerprint density at radius 1 is 1.50 bits per heavy atom. The fourth-order valence-corrected chi connectivity index (χ4v) is 3.94. The standard InChI is InChI=1S/C13H12BrClN2S/c14-9-7-18-13-10(5-11(15)17-12(9)13)16-6-8-3-1-2-4-8/h3,5,7H,1-2,4,6H2,(H,16,17). The zero-order chi connectivity index (χ0) is 12.5. The van der Waals surface area contributed by atoms with Gasteiger partial charge in [0, 0.05) is 18.0 Å². The Morgan fingerprint density at radius 3 is 3.17 bits per heavy atom. The number of halogens is 2. The Bertz CT molecular complexity index is 621. The Hall–Kier alpha value is -0.580. The molecule has 0 saturated carbocycles. The van der Waals surface area contributed by atoms with E-state index in [1.54, 1.807) is 11.3 Å². The second-order valence-electron chi connectivity index (χ2n) is 4.36. The van der Waals surface area contributed by atoms with E-state index in [0.29, 0.717) is 5.15 Å². The third kappa shape index (κ3) is 2.42. The number of hydrogen-bond acceptors (Lipinski definition) is 3. The molecule has 0 aromatic carbocycles. The van der Waals surface area contributed by atoms with Crippen LogP contribution in [0.5, 0.6) is 0 Å². The van der Waals surface area contributed by atoms with Gasteiger partial charge < -0.3 is 5.32 Å². The average Bonchev–Trinajstić information content (AvgIpc) is 2.97. The van der Waals surface area contributed by atoms with Crippen molar-refractivity contribution in [1.82, 2.24) is 4.98 Å². The first kappa shape index (κ1) is 12.5. The van der Waals surface area contributed by atoms with Gasteiger partial charge in [0.1, 0.15) is 5.15 Å². The highest BCUT2D eigenvalue weighted by Crippen LogP contribution is 2.35. The van der Waals surface area contributed by atoms with Crippen molar-refractivity contribution in [1.29, 1.82) is 0 Å². The highest BCUT2D eigenvalue weighted by molar-refractivity contribution is 9.10. The predicted molar refractivity (Wildman–Crippen MR) is 82.8 cm³/mol. The molecule has 0 radical (unpaired) electrons. The lowest BCUT2D eigenvalue weighted by atomic mass is 10.2. The number of rotatable bonds is 3. The van der Waals surface area contributed by atoms with Crippen molar-refractivity contribution in [2.24, 2.45) is 0 Å². The summed E-state index contributed by atoms with van der Waals surface area (Å²) >= 11 is 11.3. The molecule has 18 heavy (non-hydrogen) atoms. The van der Waals surface area contributed by atoms with Crippen molar-refractivity contribution in [3.8, 4) is 0 Å². The number of nitrogens with one attached hydrogen (secondary N) is 1. The molecule has 2 aromatic heterocycles. The van der Waals surface area contributed by atoms with Crippen molar-refractivity contribution in [2.45, 2.75) is 19.3 Å². The molecule has 3 rings (SSSR count). The zero-order valence-corrected chi connectivity index (χ0v) is 12.8. The fraction of sp³-hybridized carbons (Fsp3) is 0.308. The van der Waals surface area contributed by atoms with Gasteiger partial charge in [-0.05, 0) is 35.2 Å². The van der Waals surface area contributed by atoms with Crippen LogP contribution in [0.1, 0.15) is 19.3 Å². The third-order valence-corrected chi connectivity index (χ3v) is 5.19. The Morgan fingerprint density at radius 2 is 2.39 bits per heavy atom. The van der Waals surface area contributed by atoms with Crippen LogP contribution >= 0.6 is 38.9 Å². The lowest BCUT2D eigenvalue weighted by Crippen LogP contribution is -2.03. The van der Waals surface area contributed by atoms with E-state index in [1.807, 2.05) is 11.4 Å². The molecule has 1 aliphatic carbocycles. The topological polar surface area (TPSA) is 24.9 Å². The first-order chi connectivity index (χ1) is 8.74. The molecule has 94 valence electrons. The average molecular weight is 344 g/mol. The van der Waals surface area contributed by atoms with Gasteiger partial charge in [0.05, 0.1) is 20.4 Å². The Labute approximate surface area is 123 Å². The van der Waals surface area contributed by atoms with Gasteiger partial charge >= 0.3 is 0 Å². The molecule has 2 heterocycles. The summed E-state index contributed by atoms with van der Waals surface area (Å²) < 4.78 is 2.16. The number of hydrogen-bond donors (Lipinski definition) is 1. The van der Waals surface area contributed by atoms with E-state index in [-0.39, 0.29) is 0 Å². The second kappa shape index (κ2) is 5.19. The molecule has 0 saturated heterocycles. The summed E-state index contributed by atoms with van der Waals surface area (Å²) in [7, 11) is 0. The molecule has 0 amide bonds. The van der Waals surface area contributed by atoms with E-state index >= 15 is 0 Å². The summed E-state index contributed by atoms with van der Waals surface area (Å²) in [6.45, 7) is 0.908. The van der Waals surface area contributed by atoms with Gasteiger partial charge in [-0.2, -0.15) is 0 Å². The maximum atomic E-state index is 6.07. The Kier molecular flexibility index (Phi) is 3.59. The number of nitrogens with zero attached hydrogens (tertiary/aromatic N) is 1. The van der Waals surface area contributed by atoms with Gasteiger partial charge in [-0.1, -0.05) is 23.3 Å². The van der Waals surface area contributed by atoms with Gasteiger partial charge in [0.15, 0.2) is 0 Å². The molecule has 0 aliphatic heterocycles. The summed E-state index contributed by atoms with van der Waals surface area (Å²) in [5.74, 6) is 0. The molecule has 0 atom stereocenters. The van der Waals surface area contributed by atoms with Crippen molar-refractivity contribution < 1.29 is 0 Å². The summed E-state index contributed by atoms with van der Waals surface area (Å²) in [5, 5.41) is 6.06. The maximum absolute atomic E-state index is 6.07. The highest BCUT2D eigenvalue weighted by Gasteiger charge is 2.11. The minimum Gasteiger partial charge on any atom is -0.380 e. The third-order valence-electron chi connectivity index (χ3n) is 3.09. The summed E-state index contributed by atoms with van der Waals surface area (Å²) in [6.07, 6.45) is 6.04. The van der Waals surface area contributed by atoms with Crippen LogP contribution in [0.4, 0.5) is 5.69 Å². The van der Waals surface area contributed by atoms with Crippen LogP contribution in [0.2, 0.25) is 5.15 Å². The van der Waals surface area contributed by atoms with E-state index in [9.17, 15) is 0 Å². The normalized spacial score (nSPS) is 15.1. The number of anilines is 1. The smallest absolute Gasteiger partial charge is 0.131 e. The first-order valence-electron chi connectivity index (χ1n) is 5.89. The molecule has 2 nitrogen and oxygen atoms in total. The van der Waals surface area contributed by atoms with Crippen LogP contribution in [-0.4, -0.2) is 11.5 Å². The zero-order valence-electron chi connectivity index (χ0n) is 9.67. The van der Waals surface area contributed by atoms with Gasteiger partial charge in [-0.3, -0.25) is 0 Å². The summed E-state index contributed by atoms with van der Waals surface area (Å²) in [6, 6.07) is 1.91. The van der Waals surface area contributed by atoms with Crippen molar-refractivity contribution >= 4 is 54.8 Å². The molecular weight excluding hydrogens is 332 g/mol. The molecule has 0 spiro atoms. The number of fused-ring (bicyclic) bond motifs is 1. The summed E-state index contributed by atoms with van der Waals surface area (Å²) in [4.78, 5) is 4.35. The van der Waals surface area contributed by atoms with Crippen LogP contribution in [0.3, 0.4) is 0 Å². The molecule has 0 unspecified atom stereocenters. The van der Waals surface area contributed by atoms with E-state index in [0.717, 1.165) is 26.9 Å². The van der Waals surface area contributed by atoms with Gasteiger partial charge in [-0.25, -0.2) is 4.98 Å². The number of aromatic nitrogens is 1. The molecule has 0 bridgehead atoms. The molecular formula is C13H12BrClN2S. The Balaban J connectivity index is 1.90. The first-order valence-corrected chi connectivity index (χ1v) is 7.94. The number of thiophene rings is 1. The van der Waals surface area contributed by atoms with Crippen LogP contribution in [-0.2, 0) is 0 Å². The molecule has 1 aliphatic rings. The fourth-order valence-electron chi connectivity index (χ4n) is 2.19. The highest BCUT2D eigenvalue weighted by atomic mass is 79.9. The largest absolute Gasteiger partial charge is 0.380 e. The lowest BCUT2D eigenvalue weighted by molar-refractivity contribution is 0.897. The van der Waals surface area contributed by atoms with Crippen molar-refractivity contribution in [2.75, 3.05) is 11.9 Å². The molecule has 5 heteroatoms. The maximum Gasteiger partial charge on any atom is 0.131 e. The molecule has 1 N–H and O–H groups in total. The summed E-state index contributed by atoms with van der Waals surface area (Å²) in [5.41, 5.74) is 3.51.